The lowest BCUT2D eigenvalue weighted by atomic mass is 10.1. The number of hydrogen-bond donors (Lipinski definition) is 1. The quantitative estimate of drug-likeness (QED) is 0.522. The number of carbonyl (C=O) groups excluding carboxylic acids is 2. The average Bonchev–Trinajstić information content (AvgIpc) is 3.15. The summed E-state index contributed by atoms with van der Waals surface area (Å²) in [6, 6.07) is 24.4. The zero-order valence-electron chi connectivity index (χ0n) is 18.4. The molecule has 0 aliphatic carbocycles. The van der Waals surface area contributed by atoms with Gasteiger partial charge in [-0.2, -0.15) is 0 Å². The maximum absolute atomic E-state index is 13.3. The first-order chi connectivity index (χ1) is 16.1. The van der Waals surface area contributed by atoms with Crippen molar-refractivity contribution in [3.8, 4) is 11.5 Å². The summed E-state index contributed by atoms with van der Waals surface area (Å²) in [4.78, 5) is 26.6. The summed E-state index contributed by atoms with van der Waals surface area (Å²) in [5, 5.41) is 1.01. The van der Waals surface area contributed by atoms with Crippen LogP contribution >= 0.6 is 11.8 Å². The smallest absolute Gasteiger partial charge is 0.280 e. The van der Waals surface area contributed by atoms with Gasteiger partial charge in [0.1, 0.15) is 16.9 Å². The van der Waals surface area contributed by atoms with E-state index in [0.29, 0.717) is 4.91 Å². The number of thioether (sulfide) groups is 1. The van der Waals surface area contributed by atoms with E-state index < -0.39 is 5.37 Å². The average molecular weight is 461 g/mol. The number of nitrogens with zero attached hydrogens (tertiary/aromatic N) is 1. The number of hydrazine groups is 1. The molecule has 1 heterocycles. The van der Waals surface area contributed by atoms with Gasteiger partial charge in [-0.05, 0) is 47.0 Å². The monoisotopic (exact) mass is 460 g/mol. The van der Waals surface area contributed by atoms with Crippen LogP contribution in [-0.2, 0) is 16.0 Å². The van der Waals surface area contributed by atoms with E-state index in [1.807, 2.05) is 84.9 Å². The van der Waals surface area contributed by atoms with Crippen molar-refractivity contribution < 1.29 is 19.1 Å². The van der Waals surface area contributed by atoms with Gasteiger partial charge in [0.2, 0.25) is 5.91 Å². The van der Waals surface area contributed by atoms with Crippen molar-refractivity contribution in [2.24, 2.45) is 0 Å². The molecule has 0 unspecified atom stereocenters. The number of benzene rings is 3. The number of ether oxygens (including phenoxy) is 2. The summed E-state index contributed by atoms with van der Waals surface area (Å²) >= 11 is 1.40. The highest BCUT2D eigenvalue weighted by atomic mass is 32.2. The number of amides is 2. The van der Waals surface area contributed by atoms with Crippen LogP contribution in [0.1, 0.15) is 22.1 Å². The molecule has 4 rings (SSSR count). The zero-order chi connectivity index (χ0) is 23.2. The van der Waals surface area contributed by atoms with E-state index in [-0.39, 0.29) is 18.2 Å². The Hall–Kier alpha value is -3.71. The molecular formula is C26H24N2O4S. The first-order valence-electron chi connectivity index (χ1n) is 10.4. The SMILES string of the molecule is COc1ccc(/C=C2/S[C@H](c3ccc(OC)cc3)N(NC(=O)Cc3ccccc3)C2=O)cc1. The first kappa shape index (κ1) is 22.5. The van der Waals surface area contributed by atoms with Crippen LogP contribution in [0.3, 0.4) is 0 Å². The number of nitrogens with one attached hydrogen (secondary N) is 1. The molecule has 0 spiro atoms. The second kappa shape index (κ2) is 10.3. The van der Waals surface area contributed by atoms with Gasteiger partial charge in [-0.1, -0.05) is 66.4 Å². The molecule has 1 aliphatic rings. The minimum Gasteiger partial charge on any atom is -0.497 e. The highest BCUT2D eigenvalue weighted by Crippen LogP contribution is 2.45. The largest absolute Gasteiger partial charge is 0.497 e. The fourth-order valence-corrected chi connectivity index (χ4v) is 4.64. The van der Waals surface area contributed by atoms with Crippen LogP contribution in [0.15, 0.2) is 83.8 Å². The van der Waals surface area contributed by atoms with Crippen molar-refractivity contribution in [3.63, 3.8) is 0 Å². The van der Waals surface area contributed by atoms with Crippen molar-refractivity contribution in [1.82, 2.24) is 10.4 Å². The van der Waals surface area contributed by atoms with Crippen LogP contribution < -0.4 is 14.9 Å². The molecule has 0 saturated carbocycles. The summed E-state index contributed by atoms with van der Waals surface area (Å²) in [5.41, 5.74) is 5.45. The molecule has 168 valence electrons. The van der Waals surface area contributed by atoms with E-state index in [2.05, 4.69) is 5.43 Å². The maximum atomic E-state index is 13.3. The lowest BCUT2D eigenvalue weighted by Crippen LogP contribution is -2.44. The zero-order valence-corrected chi connectivity index (χ0v) is 19.2. The minimum atomic E-state index is -0.396. The molecule has 0 aromatic heterocycles. The van der Waals surface area contributed by atoms with E-state index in [1.165, 1.54) is 16.8 Å². The van der Waals surface area contributed by atoms with E-state index in [1.54, 1.807) is 14.2 Å². The fraction of sp³-hybridized carbons (Fsp3) is 0.154. The van der Waals surface area contributed by atoms with E-state index in [0.717, 1.165) is 28.2 Å². The second-order valence-electron chi connectivity index (χ2n) is 7.40. The third-order valence-corrected chi connectivity index (χ3v) is 6.42. The number of hydrogen-bond acceptors (Lipinski definition) is 5. The van der Waals surface area contributed by atoms with Gasteiger partial charge in [-0.25, -0.2) is 5.01 Å². The molecule has 1 saturated heterocycles. The topological polar surface area (TPSA) is 67.9 Å². The molecule has 3 aromatic rings. The van der Waals surface area contributed by atoms with Crippen molar-refractivity contribution in [3.05, 3.63) is 100 Å². The van der Waals surface area contributed by atoms with Crippen LogP contribution in [0.25, 0.3) is 6.08 Å². The summed E-state index contributed by atoms with van der Waals surface area (Å²) in [5.74, 6) is 0.965. The van der Waals surface area contributed by atoms with Gasteiger partial charge < -0.3 is 9.47 Å². The van der Waals surface area contributed by atoms with Gasteiger partial charge in [0.25, 0.3) is 5.91 Å². The van der Waals surface area contributed by atoms with E-state index >= 15 is 0 Å². The number of methoxy groups -OCH3 is 2. The van der Waals surface area contributed by atoms with Crippen LogP contribution in [0.2, 0.25) is 0 Å². The Bertz CT molecular complexity index is 1150. The van der Waals surface area contributed by atoms with Gasteiger partial charge in [-0.15, -0.1) is 0 Å². The molecule has 0 radical (unpaired) electrons. The Morgan fingerprint density at radius 3 is 2.15 bits per heavy atom. The minimum absolute atomic E-state index is 0.183. The molecule has 1 atom stereocenters. The van der Waals surface area contributed by atoms with Crippen molar-refractivity contribution in [1.29, 1.82) is 0 Å². The Kier molecular flexibility index (Phi) is 7.00. The van der Waals surface area contributed by atoms with Gasteiger partial charge in [-0.3, -0.25) is 15.0 Å². The predicted octanol–water partition coefficient (Wildman–Crippen LogP) is 4.59. The molecule has 33 heavy (non-hydrogen) atoms. The molecule has 3 aromatic carbocycles. The first-order valence-corrected chi connectivity index (χ1v) is 11.3. The summed E-state index contributed by atoms with van der Waals surface area (Å²) in [6.45, 7) is 0. The highest BCUT2D eigenvalue weighted by Gasteiger charge is 2.38. The van der Waals surface area contributed by atoms with E-state index in [4.69, 9.17) is 9.47 Å². The molecule has 6 nitrogen and oxygen atoms in total. The Morgan fingerprint density at radius 1 is 0.939 bits per heavy atom. The van der Waals surface area contributed by atoms with Crippen molar-refractivity contribution in [2.45, 2.75) is 11.8 Å². The van der Waals surface area contributed by atoms with Gasteiger partial charge in [0, 0.05) is 0 Å². The molecule has 0 bridgehead atoms. The normalized spacial score (nSPS) is 16.7. The van der Waals surface area contributed by atoms with Gasteiger partial charge >= 0.3 is 0 Å². The second-order valence-corrected chi connectivity index (χ2v) is 8.52. The van der Waals surface area contributed by atoms with Crippen molar-refractivity contribution in [2.75, 3.05) is 14.2 Å². The van der Waals surface area contributed by atoms with Crippen LogP contribution in [0, 0.1) is 0 Å². The molecule has 1 aliphatic heterocycles. The highest BCUT2D eigenvalue weighted by molar-refractivity contribution is 8.04. The third kappa shape index (κ3) is 5.38. The summed E-state index contributed by atoms with van der Waals surface area (Å²) < 4.78 is 10.5. The Labute approximate surface area is 197 Å². The number of carbonyl (C=O) groups is 2. The molecule has 1 N–H and O–H groups in total. The predicted molar refractivity (Wildman–Crippen MR) is 129 cm³/mol. The standard InChI is InChI=1S/C26H24N2O4S/c1-31-21-12-8-19(9-13-21)16-23-25(30)28(27-24(29)17-18-6-4-3-5-7-18)26(33-23)20-10-14-22(32-2)15-11-20/h3-16,26H,17H2,1-2H3,(H,27,29)/b23-16+/t26-/m1/s1. The molecule has 7 heteroatoms. The van der Waals surface area contributed by atoms with Crippen LogP contribution in [0.5, 0.6) is 11.5 Å². The molecule has 2 amide bonds. The maximum Gasteiger partial charge on any atom is 0.280 e. The fourth-order valence-electron chi connectivity index (χ4n) is 3.45. The van der Waals surface area contributed by atoms with Crippen molar-refractivity contribution >= 4 is 29.7 Å². The summed E-state index contributed by atoms with van der Waals surface area (Å²) in [6.07, 6.45) is 2.01. The van der Waals surface area contributed by atoms with Crippen LogP contribution in [-0.4, -0.2) is 31.0 Å². The molecule has 1 fully saturated rings. The lowest BCUT2D eigenvalue weighted by Gasteiger charge is -2.24. The van der Waals surface area contributed by atoms with Gasteiger partial charge in [0.15, 0.2) is 0 Å². The lowest BCUT2D eigenvalue weighted by molar-refractivity contribution is -0.137. The van der Waals surface area contributed by atoms with Gasteiger partial charge in [0.05, 0.1) is 25.5 Å². The molecular weight excluding hydrogens is 436 g/mol. The third-order valence-electron chi connectivity index (χ3n) is 5.17. The summed E-state index contributed by atoms with van der Waals surface area (Å²) in [7, 11) is 3.22. The van der Waals surface area contributed by atoms with Crippen LogP contribution in [0.4, 0.5) is 0 Å². The Balaban J connectivity index is 1.60. The van der Waals surface area contributed by atoms with E-state index in [9.17, 15) is 9.59 Å². The number of rotatable bonds is 7. The Morgan fingerprint density at radius 2 is 1.55 bits per heavy atom.